The minimum Gasteiger partial charge on any atom is -0.367 e. The minimum atomic E-state index is 0.436. The maximum absolute atomic E-state index is 4.41. The fourth-order valence-electron chi connectivity index (χ4n) is 1.78. The number of rotatable bonds is 3. The molecule has 82 valence electrons. The molecule has 1 aromatic heterocycles. The molecule has 1 atom stereocenters. The molecular formula is C12H19N3. The van der Waals surface area contributed by atoms with E-state index >= 15 is 0 Å². The van der Waals surface area contributed by atoms with Gasteiger partial charge in [-0.25, -0.2) is 9.97 Å². The Morgan fingerprint density at radius 2 is 2.13 bits per heavy atom. The summed E-state index contributed by atoms with van der Waals surface area (Å²) in [6.45, 7) is 8.62. The van der Waals surface area contributed by atoms with Crippen molar-refractivity contribution in [3.05, 3.63) is 17.6 Å². The van der Waals surface area contributed by atoms with Crippen molar-refractivity contribution < 1.29 is 0 Å². The van der Waals surface area contributed by atoms with Gasteiger partial charge in [0.25, 0.3) is 0 Å². The fourth-order valence-corrected chi connectivity index (χ4v) is 1.78. The highest BCUT2D eigenvalue weighted by molar-refractivity contribution is 5.40. The van der Waals surface area contributed by atoms with Crippen molar-refractivity contribution in [3.63, 3.8) is 0 Å². The van der Waals surface area contributed by atoms with Crippen LogP contribution in [0.5, 0.6) is 0 Å². The number of hydrogen-bond donors (Lipinski definition) is 1. The highest BCUT2D eigenvalue weighted by atomic mass is 15.1. The Bertz CT molecular complexity index is 371. The molecule has 3 nitrogen and oxygen atoms in total. The van der Waals surface area contributed by atoms with Gasteiger partial charge in [0.1, 0.15) is 11.6 Å². The minimum absolute atomic E-state index is 0.436. The second-order valence-electron chi connectivity index (χ2n) is 5.03. The Hall–Kier alpha value is -1.12. The molecule has 0 spiro atoms. The van der Waals surface area contributed by atoms with Gasteiger partial charge in [-0.1, -0.05) is 20.8 Å². The number of aromatic nitrogens is 2. The maximum Gasteiger partial charge on any atom is 0.130 e. The van der Waals surface area contributed by atoms with E-state index in [-0.39, 0.29) is 0 Å². The number of hydrogen-bond acceptors (Lipinski definition) is 3. The predicted molar refractivity (Wildman–Crippen MR) is 62.0 cm³/mol. The molecular weight excluding hydrogens is 186 g/mol. The standard InChI is InChI=1S/C12H19N3/c1-5-9-6-11(14-8(2)13-9)15-10-7-12(10,3)4/h6,10H,5,7H2,1-4H3,(H,13,14,15). The van der Waals surface area contributed by atoms with E-state index in [0.29, 0.717) is 11.5 Å². The summed E-state index contributed by atoms with van der Waals surface area (Å²) < 4.78 is 0. The first-order valence-corrected chi connectivity index (χ1v) is 5.62. The van der Waals surface area contributed by atoms with Gasteiger partial charge >= 0.3 is 0 Å². The number of nitrogens with zero attached hydrogens (tertiary/aromatic N) is 2. The lowest BCUT2D eigenvalue weighted by molar-refractivity contribution is 0.629. The number of aryl methyl sites for hydroxylation is 2. The first-order valence-electron chi connectivity index (χ1n) is 5.62. The third kappa shape index (κ3) is 2.28. The van der Waals surface area contributed by atoms with Crippen molar-refractivity contribution in [2.75, 3.05) is 5.32 Å². The second-order valence-corrected chi connectivity index (χ2v) is 5.03. The van der Waals surface area contributed by atoms with Gasteiger partial charge in [-0.05, 0) is 25.2 Å². The molecule has 1 aliphatic rings. The van der Waals surface area contributed by atoms with Crippen molar-refractivity contribution in [3.8, 4) is 0 Å². The molecule has 1 heterocycles. The van der Waals surface area contributed by atoms with Crippen LogP contribution in [-0.4, -0.2) is 16.0 Å². The quantitative estimate of drug-likeness (QED) is 0.824. The van der Waals surface area contributed by atoms with E-state index in [1.54, 1.807) is 0 Å². The van der Waals surface area contributed by atoms with E-state index in [0.717, 1.165) is 23.8 Å². The molecule has 15 heavy (non-hydrogen) atoms. The molecule has 0 radical (unpaired) electrons. The van der Waals surface area contributed by atoms with E-state index in [1.807, 2.05) is 6.92 Å². The predicted octanol–water partition coefficient (Wildman–Crippen LogP) is 2.56. The molecule has 1 saturated carbocycles. The van der Waals surface area contributed by atoms with E-state index < -0.39 is 0 Å². The van der Waals surface area contributed by atoms with Gasteiger partial charge in [-0.15, -0.1) is 0 Å². The van der Waals surface area contributed by atoms with Gasteiger partial charge in [0.2, 0.25) is 0 Å². The average Bonchev–Trinajstić information content (AvgIpc) is 2.72. The molecule has 1 aliphatic carbocycles. The number of anilines is 1. The molecule has 1 N–H and O–H groups in total. The van der Waals surface area contributed by atoms with Gasteiger partial charge in [-0.3, -0.25) is 0 Å². The van der Waals surface area contributed by atoms with Gasteiger partial charge in [0.05, 0.1) is 0 Å². The maximum atomic E-state index is 4.41. The van der Waals surface area contributed by atoms with Crippen molar-refractivity contribution in [1.82, 2.24) is 9.97 Å². The van der Waals surface area contributed by atoms with Crippen molar-refractivity contribution in [2.24, 2.45) is 5.41 Å². The molecule has 0 aliphatic heterocycles. The van der Waals surface area contributed by atoms with Crippen LogP contribution in [0.25, 0.3) is 0 Å². The summed E-state index contributed by atoms with van der Waals surface area (Å²) in [6.07, 6.45) is 2.20. The molecule has 0 saturated heterocycles. The molecule has 3 heteroatoms. The fraction of sp³-hybridized carbons (Fsp3) is 0.667. The lowest BCUT2D eigenvalue weighted by Gasteiger charge is -2.09. The van der Waals surface area contributed by atoms with Crippen LogP contribution < -0.4 is 5.32 Å². The summed E-state index contributed by atoms with van der Waals surface area (Å²) in [5.41, 5.74) is 1.55. The first-order chi connectivity index (χ1) is 7.01. The van der Waals surface area contributed by atoms with Crippen LogP contribution in [-0.2, 0) is 6.42 Å². The smallest absolute Gasteiger partial charge is 0.130 e. The zero-order valence-corrected chi connectivity index (χ0v) is 9.96. The van der Waals surface area contributed by atoms with E-state index in [2.05, 4.69) is 42.1 Å². The third-order valence-corrected chi connectivity index (χ3v) is 3.09. The SMILES string of the molecule is CCc1cc(NC2CC2(C)C)nc(C)n1. The van der Waals surface area contributed by atoms with Crippen molar-refractivity contribution >= 4 is 5.82 Å². The van der Waals surface area contributed by atoms with Crippen molar-refractivity contribution in [1.29, 1.82) is 0 Å². The Morgan fingerprint density at radius 3 is 2.67 bits per heavy atom. The lowest BCUT2D eigenvalue weighted by atomic mass is 10.2. The largest absolute Gasteiger partial charge is 0.367 e. The van der Waals surface area contributed by atoms with E-state index in [9.17, 15) is 0 Å². The van der Waals surface area contributed by atoms with Gasteiger partial charge < -0.3 is 5.32 Å². The molecule has 1 fully saturated rings. The Balaban J connectivity index is 2.11. The summed E-state index contributed by atoms with van der Waals surface area (Å²) >= 11 is 0. The summed E-state index contributed by atoms with van der Waals surface area (Å²) in [6, 6.07) is 2.64. The van der Waals surface area contributed by atoms with Crippen LogP contribution in [0.1, 0.15) is 38.7 Å². The molecule has 2 rings (SSSR count). The van der Waals surface area contributed by atoms with Crippen LogP contribution in [0.2, 0.25) is 0 Å². The van der Waals surface area contributed by atoms with Crippen LogP contribution in [0, 0.1) is 12.3 Å². The van der Waals surface area contributed by atoms with E-state index in [1.165, 1.54) is 6.42 Å². The van der Waals surface area contributed by atoms with Gasteiger partial charge in [0.15, 0.2) is 0 Å². The lowest BCUT2D eigenvalue weighted by Crippen LogP contribution is -2.11. The topological polar surface area (TPSA) is 37.8 Å². The van der Waals surface area contributed by atoms with Gasteiger partial charge in [-0.2, -0.15) is 0 Å². The summed E-state index contributed by atoms with van der Waals surface area (Å²) in [5, 5.41) is 3.47. The zero-order valence-electron chi connectivity index (χ0n) is 9.96. The summed E-state index contributed by atoms with van der Waals surface area (Å²) in [5.74, 6) is 1.84. The third-order valence-electron chi connectivity index (χ3n) is 3.09. The van der Waals surface area contributed by atoms with Crippen LogP contribution in [0.15, 0.2) is 6.07 Å². The molecule has 1 unspecified atom stereocenters. The number of nitrogens with one attached hydrogen (secondary N) is 1. The van der Waals surface area contributed by atoms with Crippen molar-refractivity contribution in [2.45, 2.75) is 46.6 Å². The molecule has 1 aromatic rings. The monoisotopic (exact) mass is 205 g/mol. The molecule has 0 bridgehead atoms. The van der Waals surface area contributed by atoms with Crippen LogP contribution in [0.3, 0.4) is 0 Å². The van der Waals surface area contributed by atoms with Crippen LogP contribution >= 0.6 is 0 Å². The molecule has 0 amide bonds. The summed E-state index contributed by atoms with van der Waals surface area (Å²) in [4.78, 5) is 8.77. The Labute approximate surface area is 91.3 Å². The highest BCUT2D eigenvalue weighted by Crippen LogP contribution is 2.46. The second kappa shape index (κ2) is 3.47. The Morgan fingerprint density at radius 1 is 1.47 bits per heavy atom. The first kappa shape index (κ1) is 10.4. The average molecular weight is 205 g/mol. The normalized spacial score (nSPS) is 22.5. The Kier molecular flexibility index (Phi) is 2.41. The summed E-state index contributed by atoms with van der Waals surface area (Å²) in [7, 11) is 0. The zero-order chi connectivity index (χ0) is 11.1. The van der Waals surface area contributed by atoms with E-state index in [4.69, 9.17) is 0 Å². The molecule has 0 aromatic carbocycles. The highest BCUT2D eigenvalue weighted by Gasteiger charge is 2.45. The van der Waals surface area contributed by atoms with Gasteiger partial charge in [0, 0.05) is 17.8 Å². The van der Waals surface area contributed by atoms with Crippen LogP contribution in [0.4, 0.5) is 5.82 Å².